The van der Waals surface area contributed by atoms with Crippen LogP contribution in [-0.2, 0) is 25.7 Å². The Labute approximate surface area is 424 Å². The Kier molecular flexibility index (Phi) is 11.2. The largest absolute Gasteiger partial charge is 0.437 e. The van der Waals surface area contributed by atoms with Crippen molar-refractivity contribution >= 4 is 22.1 Å². The maximum Gasteiger partial charge on any atom is 0.227 e. The highest BCUT2D eigenvalue weighted by molar-refractivity contribution is 6.08. The van der Waals surface area contributed by atoms with Gasteiger partial charge in [0.25, 0.3) is 0 Å². The molecule has 0 spiro atoms. The molecule has 5 heterocycles. The van der Waals surface area contributed by atoms with Crippen molar-refractivity contribution in [1.29, 1.82) is 0 Å². The number of benzene rings is 7. The van der Waals surface area contributed by atoms with E-state index >= 15 is 0 Å². The summed E-state index contributed by atoms with van der Waals surface area (Å²) in [6, 6.07) is 75.6. The zero-order valence-electron chi connectivity index (χ0n) is 42.5. The van der Waals surface area contributed by atoms with E-state index in [1.807, 2.05) is 79.3 Å². The van der Waals surface area contributed by atoms with Crippen LogP contribution >= 0.6 is 0 Å². The fourth-order valence-electron chi connectivity index (χ4n) is 9.87. The molecule has 12 aromatic rings. The van der Waals surface area contributed by atoms with Gasteiger partial charge in [0.1, 0.15) is 5.58 Å². The van der Waals surface area contributed by atoms with Crippen LogP contribution in [0.2, 0.25) is 0 Å². The molecule has 7 aromatic carbocycles. The van der Waals surface area contributed by atoms with Crippen molar-refractivity contribution in [3.63, 3.8) is 0 Å². The van der Waals surface area contributed by atoms with Gasteiger partial charge in [-0.25, -0.2) is 4.98 Å². The molecule has 0 fully saturated rings. The summed E-state index contributed by atoms with van der Waals surface area (Å²) < 4.78 is 30.4. The van der Waals surface area contributed by atoms with Crippen LogP contribution in [0.15, 0.2) is 241 Å². The van der Waals surface area contributed by atoms with Gasteiger partial charge in [0, 0.05) is 61.4 Å². The normalized spacial score (nSPS) is 12.1. The number of nitrogens with zero attached hydrogens (tertiary/aromatic N) is 4. The van der Waals surface area contributed by atoms with E-state index < -0.39 is 6.85 Å². The van der Waals surface area contributed by atoms with E-state index in [0.717, 1.165) is 115 Å². The fraction of sp³-hybridized carbons (Fsp3) is 0.0746. The van der Waals surface area contributed by atoms with Gasteiger partial charge >= 0.3 is 0 Å². The first-order chi connectivity index (χ1) is 36.8. The van der Waals surface area contributed by atoms with E-state index in [4.69, 9.17) is 23.5 Å². The van der Waals surface area contributed by atoms with Crippen molar-refractivity contribution in [2.45, 2.75) is 32.5 Å². The smallest absolute Gasteiger partial charge is 0.227 e. The van der Waals surface area contributed by atoms with E-state index in [2.05, 4.69) is 151 Å². The molecule has 5 aromatic heterocycles. The molecule has 0 amide bonds. The first kappa shape index (κ1) is 40.8. The maximum atomic E-state index is 7.98. The third-order valence-electron chi connectivity index (χ3n) is 13.6. The summed E-state index contributed by atoms with van der Waals surface area (Å²) in [5.41, 5.74) is 20.1. The minimum atomic E-state index is -2.36. The molecule has 5 nitrogen and oxygen atoms in total. The molecule has 0 aliphatic heterocycles. The van der Waals surface area contributed by atoms with Crippen LogP contribution in [0.3, 0.4) is 0 Å². The molecule has 5 heteroatoms. The summed E-state index contributed by atoms with van der Waals surface area (Å²) in [5.74, 6) is 0. The summed E-state index contributed by atoms with van der Waals surface area (Å²) in [7, 11) is 0. The van der Waals surface area contributed by atoms with Crippen LogP contribution in [0.4, 0.5) is 0 Å². The summed E-state index contributed by atoms with van der Waals surface area (Å²) >= 11 is 0. The van der Waals surface area contributed by atoms with Crippen molar-refractivity contribution in [3.8, 4) is 78.3 Å². The van der Waals surface area contributed by atoms with Gasteiger partial charge in [-0.15, -0.1) is 0 Å². The van der Waals surface area contributed by atoms with Crippen molar-refractivity contribution < 1.29 is 8.53 Å². The summed E-state index contributed by atoms with van der Waals surface area (Å²) in [4.78, 5) is 19.4. The number of pyridine rings is 4. The molecule has 0 aliphatic carbocycles. The van der Waals surface area contributed by atoms with Gasteiger partial charge < -0.3 is 4.42 Å². The highest BCUT2D eigenvalue weighted by Gasteiger charge is 2.19. The van der Waals surface area contributed by atoms with Crippen LogP contribution in [0, 0.1) is 6.85 Å². The molecule has 0 bridgehead atoms. The Morgan fingerprint density at radius 2 is 0.889 bits per heavy atom. The topological polar surface area (TPSA) is 64.7 Å². The minimum Gasteiger partial charge on any atom is -0.437 e. The molecule has 0 aliphatic rings. The second-order valence-electron chi connectivity index (χ2n) is 18.3. The van der Waals surface area contributed by atoms with Crippen LogP contribution in [-0.4, -0.2) is 19.9 Å². The molecule has 0 N–H and O–H groups in total. The number of hydrogen-bond donors (Lipinski definition) is 0. The molecule has 0 atom stereocenters. The Bertz CT molecular complexity index is 3850. The lowest BCUT2D eigenvalue weighted by atomic mass is 9.87. The second-order valence-corrected chi connectivity index (χ2v) is 18.3. The lowest BCUT2D eigenvalue weighted by Gasteiger charge is -2.18. The molecular formula is C67H50N4O. The predicted molar refractivity (Wildman–Crippen MR) is 295 cm³/mol. The number of aromatic nitrogens is 4. The number of hydrogen-bond acceptors (Lipinski definition) is 5. The Balaban J connectivity index is 0.942. The van der Waals surface area contributed by atoms with Crippen molar-refractivity contribution in [3.05, 3.63) is 265 Å². The zero-order valence-corrected chi connectivity index (χ0v) is 39.5. The average molecular weight is 930 g/mol. The second kappa shape index (κ2) is 19.7. The van der Waals surface area contributed by atoms with E-state index in [1.165, 1.54) is 22.3 Å². The average Bonchev–Trinajstić information content (AvgIpc) is 3.88. The van der Waals surface area contributed by atoms with Crippen molar-refractivity contribution in [2.24, 2.45) is 0 Å². The van der Waals surface area contributed by atoms with Gasteiger partial charge in [-0.05, 0) is 130 Å². The van der Waals surface area contributed by atoms with Gasteiger partial charge in [-0.1, -0.05) is 182 Å². The quantitative estimate of drug-likeness (QED) is 0.115. The highest BCUT2D eigenvalue weighted by Crippen LogP contribution is 2.42. The van der Waals surface area contributed by atoms with Crippen LogP contribution in [0.5, 0.6) is 0 Å². The standard InChI is InChI=1S/C67H50N4O/c1-45-24-35-59-58-22-13-23-60(66(58)72-67(59)71-45)65-41-61(52-33-31-51(32-34-52)50-14-5-2-6-15-50)62(44-70-65)57-21-12-11-20-56(57)55-39-48(27-25-46-29-36-63(68-42-46)53-16-7-3-8-17-53)38-49(40-55)28-26-47-30-37-64(69-43-47)54-18-9-4-10-19-54/h2-24,29-44H,25-28H2,1H3/i1D3. The van der Waals surface area contributed by atoms with Crippen LogP contribution < -0.4 is 0 Å². The molecule has 0 radical (unpaired) electrons. The molecule has 72 heavy (non-hydrogen) atoms. The third kappa shape index (κ3) is 9.24. The monoisotopic (exact) mass is 929 g/mol. The van der Waals surface area contributed by atoms with Gasteiger partial charge in [-0.2, -0.15) is 0 Å². The van der Waals surface area contributed by atoms with Gasteiger partial charge in [0.05, 0.1) is 17.1 Å². The summed E-state index contributed by atoms with van der Waals surface area (Å²) in [5, 5.41) is 1.59. The van der Waals surface area contributed by atoms with Gasteiger partial charge in [0.15, 0.2) is 0 Å². The molecule has 344 valence electrons. The number of aryl methyl sites for hydroxylation is 5. The van der Waals surface area contributed by atoms with Crippen LogP contribution in [0.25, 0.3) is 100 Å². The Morgan fingerprint density at radius 3 is 1.50 bits per heavy atom. The fourth-order valence-corrected chi connectivity index (χ4v) is 9.87. The van der Waals surface area contributed by atoms with Crippen molar-refractivity contribution in [2.75, 3.05) is 0 Å². The lowest BCUT2D eigenvalue weighted by Crippen LogP contribution is -1.99. The van der Waals surface area contributed by atoms with E-state index in [9.17, 15) is 0 Å². The number of furan rings is 1. The van der Waals surface area contributed by atoms with Crippen LogP contribution in [0.1, 0.15) is 32.1 Å². The molecule has 12 rings (SSSR count). The molecule has 0 unspecified atom stereocenters. The number of fused-ring (bicyclic) bond motifs is 3. The van der Waals surface area contributed by atoms with E-state index in [1.54, 1.807) is 12.1 Å². The van der Waals surface area contributed by atoms with Gasteiger partial charge in [-0.3, -0.25) is 15.0 Å². The number of para-hydroxylation sites is 1. The SMILES string of the molecule is [2H]C([2H])([2H])c1ccc2c(n1)oc1c(-c3cc(-c4ccc(-c5ccccc5)cc4)c(-c4ccccc4-c4cc(CCc5ccc(-c6ccccc6)nc5)cc(CCc5ccc(-c6ccccc6)nc5)c4)cn3)cccc12. The van der Waals surface area contributed by atoms with Gasteiger partial charge in [0.2, 0.25) is 5.71 Å². The lowest BCUT2D eigenvalue weighted by molar-refractivity contribution is 0.653. The summed E-state index contributed by atoms with van der Waals surface area (Å²) in [6.07, 6.45) is 9.41. The maximum absolute atomic E-state index is 7.98. The molecule has 0 saturated carbocycles. The first-order valence-corrected chi connectivity index (χ1v) is 24.5. The predicted octanol–water partition coefficient (Wildman–Crippen LogP) is 16.7. The zero-order chi connectivity index (χ0) is 50.7. The first-order valence-electron chi connectivity index (χ1n) is 26.0. The van der Waals surface area contributed by atoms with Crippen molar-refractivity contribution in [1.82, 2.24) is 19.9 Å². The Morgan fingerprint density at radius 1 is 0.347 bits per heavy atom. The highest BCUT2D eigenvalue weighted by atomic mass is 16.3. The number of rotatable bonds is 13. The molecular weight excluding hydrogens is 877 g/mol. The van der Waals surface area contributed by atoms with E-state index in [0.29, 0.717) is 5.58 Å². The Hall–Kier alpha value is -9.06. The van der Waals surface area contributed by atoms with E-state index in [-0.39, 0.29) is 11.4 Å². The minimum absolute atomic E-state index is 0.00658. The molecule has 0 saturated heterocycles. The summed E-state index contributed by atoms with van der Waals surface area (Å²) in [6.45, 7) is -2.36. The third-order valence-corrected chi connectivity index (χ3v) is 13.6.